The third-order valence-corrected chi connectivity index (χ3v) is 7.76. The highest BCUT2D eigenvalue weighted by Gasteiger charge is 2.14. The van der Waals surface area contributed by atoms with Crippen molar-refractivity contribution in [2.24, 2.45) is 0 Å². The standard InChI is InChI=1S/C36H23N/c1-2-10-26(11-3-1)37-35-17-9-8-16-32(35)34-23-25(19-21-36(34)37)24-18-20-31-29-14-5-4-12-27(29)28-13-6-7-15-30(28)33(31)22-24/h1-23H. The van der Waals surface area contributed by atoms with E-state index in [0.29, 0.717) is 0 Å². The molecule has 8 aromatic rings. The van der Waals surface area contributed by atoms with Crippen molar-refractivity contribution in [2.45, 2.75) is 0 Å². The van der Waals surface area contributed by atoms with Gasteiger partial charge in [0.05, 0.1) is 11.0 Å². The van der Waals surface area contributed by atoms with Crippen LogP contribution in [0.15, 0.2) is 140 Å². The zero-order valence-electron chi connectivity index (χ0n) is 20.2. The van der Waals surface area contributed by atoms with Gasteiger partial charge in [0, 0.05) is 16.5 Å². The maximum atomic E-state index is 2.38. The monoisotopic (exact) mass is 469 g/mol. The summed E-state index contributed by atoms with van der Waals surface area (Å²) in [5, 5.41) is 10.4. The quantitative estimate of drug-likeness (QED) is 0.222. The van der Waals surface area contributed by atoms with E-state index in [9.17, 15) is 0 Å². The van der Waals surface area contributed by atoms with Gasteiger partial charge in [0.2, 0.25) is 0 Å². The van der Waals surface area contributed by atoms with Crippen molar-refractivity contribution in [3.05, 3.63) is 140 Å². The van der Waals surface area contributed by atoms with Gasteiger partial charge >= 0.3 is 0 Å². The molecule has 0 bridgehead atoms. The largest absolute Gasteiger partial charge is 0.309 e. The lowest BCUT2D eigenvalue weighted by Gasteiger charge is -2.12. The Morgan fingerprint density at radius 1 is 0.297 bits per heavy atom. The predicted octanol–water partition coefficient (Wildman–Crippen LogP) is 9.91. The van der Waals surface area contributed by atoms with Crippen LogP contribution in [0.4, 0.5) is 0 Å². The second kappa shape index (κ2) is 7.81. The van der Waals surface area contributed by atoms with Gasteiger partial charge in [0.1, 0.15) is 0 Å². The minimum Gasteiger partial charge on any atom is -0.309 e. The maximum Gasteiger partial charge on any atom is 0.0541 e. The van der Waals surface area contributed by atoms with Crippen LogP contribution < -0.4 is 0 Å². The molecular formula is C36H23N. The molecule has 0 saturated heterocycles. The van der Waals surface area contributed by atoms with Crippen molar-refractivity contribution in [3.63, 3.8) is 0 Å². The molecule has 1 heteroatoms. The van der Waals surface area contributed by atoms with Crippen molar-refractivity contribution >= 4 is 54.1 Å². The molecule has 0 aliphatic carbocycles. The number of nitrogens with zero attached hydrogens (tertiary/aromatic N) is 1. The summed E-state index contributed by atoms with van der Waals surface area (Å²) in [6.45, 7) is 0. The summed E-state index contributed by atoms with van der Waals surface area (Å²) >= 11 is 0. The molecule has 0 radical (unpaired) electrons. The van der Waals surface area contributed by atoms with E-state index in [1.165, 1.54) is 70.9 Å². The van der Waals surface area contributed by atoms with E-state index in [0.717, 1.165) is 0 Å². The second-order valence-corrected chi connectivity index (χ2v) is 9.77. The fraction of sp³-hybridized carbons (Fsp3) is 0. The van der Waals surface area contributed by atoms with Crippen molar-refractivity contribution in [1.82, 2.24) is 4.57 Å². The molecule has 1 heterocycles. The smallest absolute Gasteiger partial charge is 0.0541 e. The first-order chi connectivity index (χ1) is 18.4. The summed E-state index contributed by atoms with van der Waals surface area (Å²) in [4.78, 5) is 0. The van der Waals surface area contributed by atoms with Gasteiger partial charge in [-0.05, 0) is 79.8 Å². The van der Waals surface area contributed by atoms with Crippen molar-refractivity contribution in [3.8, 4) is 16.8 Å². The summed E-state index contributed by atoms with van der Waals surface area (Å²) in [5.74, 6) is 0. The number of hydrogen-bond acceptors (Lipinski definition) is 0. The molecule has 0 N–H and O–H groups in total. The third kappa shape index (κ3) is 2.98. The summed E-state index contributed by atoms with van der Waals surface area (Å²) < 4.78 is 2.37. The number of fused-ring (bicyclic) bond motifs is 9. The molecule has 37 heavy (non-hydrogen) atoms. The Labute approximate surface area is 214 Å². The normalized spacial score (nSPS) is 11.8. The number of para-hydroxylation sites is 2. The van der Waals surface area contributed by atoms with Crippen LogP contribution in [-0.2, 0) is 0 Å². The summed E-state index contributed by atoms with van der Waals surface area (Å²) in [6.07, 6.45) is 0. The Bertz CT molecular complexity index is 2100. The molecular weight excluding hydrogens is 446 g/mol. The SMILES string of the molecule is c1ccc(-n2c3ccccc3c3cc(-c4ccc5c6ccccc6c6ccccc6c5c4)ccc32)cc1. The molecule has 0 amide bonds. The highest BCUT2D eigenvalue weighted by atomic mass is 15.0. The molecule has 8 rings (SSSR count). The maximum absolute atomic E-state index is 2.38. The van der Waals surface area contributed by atoms with Crippen LogP contribution in [0.25, 0.3) is 70.9 Å². The Hall–Kier alpha value is -4.88. The molecule has 1 aromatic heterocycles. The molecule has 0 aliphatic rings. The van der Waals surface area contributed by atoms with E-state index in [4.69, 9.17) is 0 Å². The Balaban J connectivity index is 1.40. The first kappa shape index (κ1) is 20.3. The van der Waals surface area contributed by atoms with Crippen molar-refractivity contribution in [2.75, 3.05) is 0 Å². The zero-order valence-corrected chi connectivity index (χ0v) is 20.2. The van der Waals surface area contributed by atoms with Gasteiger partial charge in [0.25, 0.3) is 0 Å². The Kier molecular flexibility index (Phi) is 4.29. The van der Waals surface area contributed by atoms with Gasteiger partial charge in [0.15, 0.2) is 0 Å². The molecule has 0 aliphatic heterocycles. The molecule has 0 atom stereocenters. The van der Waals surface area contributed by atoms with E-state index in [2.05, 4.69) is 144 Å². The van der Waals surface area contributed by atoms with Crippen LogP contribution in [0, 0.1) is 0 Å². The van der Waals surface area contributed by atoms with Crippen LogP contribution >= 0.6 is 0 Å². The Morgan fingerprint density at radius 2 is 0.757 bits per heavy atom. The summed E-state index contributed by atoms with van der Waals surface area (Å²) in [7, 11) is 0. The summed E-state index contributed by atoms with van der Waals surface area (Å²) in [5.41, 5.74) is 6.13. The van der Waals surface area contributed by atoms with Gasteiger partial charge < -0.3 is 4.57 Å². The van der Waals surface area contributed by atoms with Gasteiger partial charge in [-0.1, -0.05) is 103 Å². The molecule has 7 aromatic carbocycles. The molecule has 0 spiro atoms. The average Bonchev–Trinajstić information content (AvgIpc) is 3.31. The second-order valence-electron chi connectivity index (χ2n) is 9.77. The number of benzene rings is 7. The number of rotatable bonds is 2. The van der Waals surface area contributed by atoms with Crippen LogP contribution in [0.1, 0.15) is 0 Å². The van der Waals surface area contributed by atoms with Gasteiger partial charge in [-0.25, -0.2) is 0 Å². The minimum absolute atomic E-state index is 1.19. The molecule has 172 valence electrons. The number of hydrogen-bond donors (Lipinski definition) is 0. The van der Waals surface area contributed by atoms with Crippen LogP contribution in [0.5, 0.6) is 0 Å². The van der Waals surface area contributed by atoms with Gasteiger partial charge in [-0.3, -0.25) is 0 Å². The fourth-order valence-corrected chi connectivity index (χ4v) is 6.09. The Morgan fingerprint density at radius 3 is 1.43 bits per heavy atom. The lowest BCUT2D eigenvalue weighted by molar-refractivity contribution is 1.18. The molecule has 0 unspecified atom stereocenters. The highest BCUT2D eigenvalue weighted by molar-refractivity contribution is 6.25. The number of aromatic nitrogens is 1. The first-order valence-electron chi connectivity index (χ1n) is 12.8. The molecule has 1 nitrogen and oxygen atoms in total. The van der Waals surface area contributed by atoms with E-state index in [1.54, 1.807) is 0 Å². The van der Waals surface area contributed by atoms with Crippen LogP contribution in [0.2, 0.25) is 0 Å². The lowest BCUT2D eigenvalue weighted by Crippen LogP contribution is -1.92. The average molecular weight is 470 g/mol. The third-order valence-electron chi connectivity index (χ3n) is 7.76. The van der Waals surface area contributed by atoms with Crippen LogP contribution in [0.3, 0.4) is 0 Å². The van der Waals surface area contributed by atoms with E-state index in [-0.39, 0.29) is 0 Å². The van der Waals surface area contributed by atoms with Gasteiger partial charge in [-0.2, -0.15) is 0 Å². The van der Waals surface area contributed by atoms with E-state index >= 15 is 0 Å². The molecule has 0 saturated carbocycles. The topological polar surface area (TPSA) is 4.93 Å². The minimum atomic E-state index is 1.19. The highest BCUT2D eigenvalue weighted by Crippen LogP contribution is 2.39. The summed E-state index contributed by atoms with van der Waals surface area (Å²) in [6, 6.07) is 50.8. The van der Waals surface area contributed by atoms with Crippen molar-refractivity contribution < 1.29 is 0 Å². The van der Waals surface area contributed by atoms with Crippen LogP contribution in [-0.4, -0.2) is 4.57 Å². The fourth-order valence-electron chi connectivity index (χ4n) is 6.09. The zero-order chi connectivity index (χ0) is 24.3. The van der Waals surface area contributed by atoms with Gasteiger partial charge in [-0.15, -0.1) is 0 Å². The molecule has 0 fully saturated rings. The van der Waals surface area contributed by atoms with E-state index in [1.807, 2.05) is 0 Å². The van der Waals surface area contributed by atoms with Crippen molar-refractivity contribution in [1.29, 1.82) is 0 Å². The first-order valence-corrected chi connectivity index (χ1v) is 12.8. The lowest BCUT2D eigenvalue weighted by atomic mass is 9.92. The van der Waals surface area contributed by atoms with E-state index < -0.39 is 0 Å². The predicted molar refractivity (Wildman–Crippen MR) is 159 cm³/mol.